The van der Waals surface area contributed by atoms with Crippen LogP contribution in [0.1, 0.15) is 115 Å². The van der Waals surface area contributed by atoms with Crippen molar-refractivity contribution in [3.63, 3.8) is 0 Å². The van der Waals surface area contributed by atoms with Gasteiger partial charge in [-0.05, 0) is 94.8 Å². The molecular weight excluding hydrogens is 915 g/mol. The monoisotopic (exact) mass is 988 g/mol. The van der Waals surface area contributed by atoms with E-state index in [1.54, 1.807) is 12.1 Å². The Balaban J connectivity index is 1.52. The molecule has 3 fully saturated rings. The SMILES string of the molecule is CC(C)[Si](C#Cc1c(F)ccc2cc(O[Si](C(C)C)(C(C)C)C(C)C)cc(-c3c(F)cc4c(N5C[C@H]6CC[C@@H](C5)N6C(=O)O)nc(OC[C@]5(C)CN(C)CC/C5=C\F)nc4c3F)c12)(C(C)C)C(C)C. The third-order valence-electron chi connectivity index (χ3n) is 16.2. The smallest absolute Gasteiger partial charge is 0.407 e. The van der Waals surface area contributed by atoms with Crippen LogP contribution in [0, 0.1) is 34.3 Å². The Morgan fingerprint density at radius 3 is 2.04 bits per heavy atom. The molecule has 1 N–H and O–H groups in total. The Morgan fingerprint density at radius 2 is 1.49 bits per heavy atom. The lowest BCUT2D eigenvalue weighted by Gasteiger charge is -2.42. The molecule has 0 spiro atoms. The van der Waals surface area contributed by atoms with Gasteiger partial charge in [0, 0.05) is 47.9 Å². The highest BCUT2D eigenvalue weighted by Gasteiger charge is 2.48. The first-order chi connectivity index (χ1) is 32.4. The third-order valence-corrected chi connectivity index (χ3v) is 28.5. The normalized spacial score (nSPS) is 21.0. The Kier molecular flexibility index (Phi) is 15.0. The van der Waals surface area contributed by atoms with Gasteiger partial charge >= 0.3 is 12.1 Å². The second-order valence-corrected chi connectivity index (χ2v) is 33.2. The number of fused-ring (bicyclic) bond motifs is 4. The lowest BCUT2D eigenvalue weighted by molar-refractivity contribution is 0.109. The Hall–Kier alpha value is -4.66. The van der Waals surface area contributed by atoms with Gasteiger partial charge in [0.2, 0.25) is 0 Å². The molecule has 4 aromatic rings. The number of carboxylic acid groups (broad SMARTS) is 1. The molecule has 0 unspecified atom stereocenters. The number of piperidine rings is 1. The van der Waals surface area contributed by atoms with Crippen molar-refractivity contribution in [2.24, 2.45) is 5.41 Å². The number of halogens is 4. The summed E-state index contributed by atoms with van der Waals surface area (Å²) in [5.41, 5.74) is 4.24. The van der Waals surface area contributed by atoms with Gasteiger partial charge in [0.15, 0.2) is 5.82 Å². The summed E-state index contributed by atoms with van der Waals surface area (Å²) < 4.78 is 80.7. The summed E-state index contributed by atoms with van der Waals surface area (Å²) in [4.78, 5) is 27.3. The number of hydrogen-bond donors (Lipinski definition) is 1. The Labute approximate surface area is 409 Å². The number of rotatable bonds is 13. The average molecular weight is 988 g/mol. The van der Waals surface area contributed by atoms with Crippen molar-refractivity contribution in [1.82, 2.24) is 19.8 Å². The van der Waals surface area contributed by atoms with Crippen molar-refractivity contribution >= 4 is 50.0 Å². The van der Waals surface area contributed by atoms with Gasteiger partial charge in [-0.2, -0.15) is 9.97 Å². The zero-order chi connectivity index (χ0) is 50.7. The molecule has 4 heterocycles. The Bertz CT molecular complexity index is 2640. The molecule has 9 nitrogen and oxygen atoms in total. The summed E-state index contributed by atoms with van der Waals surface area (Å²) in [5.74, 6) is 1.44. The van der Waals surface area contributed by atoms with E-state index in [4.69, 9.17) is 14.1 Å². The van der Waals surface area contributed by atoms with Crippen LogP contribution in [0.3, 0.4) is 0 Å². The summed E-state index contributed by atoms with van der Waals surface area (Å²) in [7, 11) is -3.12. The van der Waals surface area contributed by atoms with Crippen molar-refractivity contribution in [3.05, 3.63) is 65.2 Å². The summed E-state index contributed by atoms with van der Waals surface area (Å²) in [6.45, 7) is 29.6. The fourth-order valence-electron chi connectivity index (χ4n) is 13.0. The van der Waals surface area contributed by atoms with Crippen LogP contribution in [0.5, 0.6) is 11.8 Å². The van der Waals surface area contributed by atoms with E-state index in [0.29, 0.717) is 55.4 Å². The first-order valence-corrected chi connectivity index (χ1v) is 29.3. The molecule has 3 aliphatic heterocycles. The average Bonchev–Trinajstić information content (AvgIpc) is 3.54. The molecule has 0 aliphatic carbocycles. The van der Waals surface area contributed by atoms with Crippen LogP contribution in [0.15, 0.2) is 42.2 Å². The third kappa shape index (κ3) is 9.27. The van der Waals surface area contributed by atoms with Crippen LogP contribution in [-0.2, 0) is 0 Å². The molecule has 3 aromatic carbocycles. The van der Waals surface area contributed by atoms with E-state index in [1.165, 1.54) is 17.0 Å². The number of ether oxygens (including phenoxy) is 1. The van der Waals surface area contributed by atoms with Gasteiger partial charge in [0.05, 0.1) is 29.5 Å². The highest BCUT2D eigenvalue weighted by molar-refractivity contribution is 6.90. The number of hydrogen-bond acceptors (Lipinski definition) is 7. The van der Waals surface area contributed by atoms with E-state index < -0.39 is 50.9 Å². The maximum atomic E-state index is 18.3. The van der Waals surface area contributed by atoms with Crippen molar-refractivity contribution in [2.75, 3.05) is 44.7 Å². The van der Waals surface area contributed by atoms with Gasteiger partial charge in [-0.25, -0.2) is 22.4 Å². The molecule has 2 bridgehead atoms. The predicted octanol–water partition coefficient (Wildman–Crippen LogP) is 13.9. The fraction of sp³-hybridized carbons (Fsp3) is 0.574. The quantitative estimate of drug-likeness (QED) is 0.0805. The zero-order valence-corrected chi connectivity index (χ0v) is 45.2. The number of amides is 1. The number of nitrogens with zero attached hydrogens (tertiary/aromatic N) is 5. The van der Waals surface area contributed by atoms with Crippen LogP contribution in [0.4, 0.5) is 28.2 Å². The maximum absolute atomic E-state index is 18.3. The van der Waals surface area contributed by atoms with E-state index in [1.807, 2.05) is 24.9 Å². The fourth-order valence-corrected chi connectivity index (χ4v) is 23.4. The number of carbonyl (C=O) groups is 1. The van der Waals surface area contributed by atoms with Crippen LogP contribution in [0.25, 0.3) is 32.8 Å². The maximum Gasteiger partial charge on any atom is 0.407 e. The minimum atomic E-state index is -2.64. The van der Waals surface area contributed by atoms with Crippen LogP contribution < -0.4 is 14.1 Å². The lowest BCUT2D eigenvalue weighted by atomic mass is 9.78. The van der Waals surface area contributed by atoms with Gasteiger partial charge in [-0.1, -0.05) is 102 Å². The Morgan fingerprint density at radius 1 is 0.884 bits per heavy atom. The number of piperazine rings is 1. The van der Waals surface area contributed by atoms with Gasteiger partial charge < -0.3 is 24.1 Å². The number of benzene rings is 3. The minimum absolute atomic E-state index is 0.0296. The van der Waals surface area contributed by atoms with Gasteiger partial charge in [0.25, 0.3) is 8.32 Å². The van der Waals surface area contributed by atoms with E-state index in [9.17, 15) is 14.3 Å². The standard InChI is InChI=1S/C54H73F4N5O4Si2/c1-31(2)68(32(3)4,33(5)6)22-20-42-45(56)18-15-37-23-41(67-69(34(7)8,35(9)10)36(11)12)24-43(47(37)42)48-46(57)25-44-50(49(48)58)59-52(66-30-54(13)29-61(14)21-19-38(54)26-55)60-51(44)62-27-39-16-17-40(28-62)63(39)53(64)65/h15,18,23-26,31-36,39-40H,16-17,19,21,27-30H2,1-14H3,(H,64,65)/b38-26+/t39-,40+,54-/m0/s1. The molecule has 0 saturated carbocycles. The molecule has 0 radical (unpaired) electrons. The highest BCUT2D eigenvalue weighted by atomic mass is 28.4. The molecule has 1 aromatic heterocycles. The predicted molar refractivity (Wildman–Crippen MR) is 276 cm³/mol. The van der Waals surface area contributed by atoms with Crippen molar-refractivity contribution < 1.29 is 36.6 Å². The van der Waals surface area contributed by atoms with E-state index in [2.05, 4.69) is 104 Å². The number of aromatic nitrogens is 2. The molecule has 1 amide bonds. The number of likely N-dealkylation sites (tertiary alicyclic amines) is 1. The molecule has 3 atom stereocenters. The summed E-state index contributed by atoms with van der Waals surface area (Å²) in [5, 5.41) is 11.0. The second kappa shape index (κ2) is 19.9. The van der Waals surface area contributed by atoms with E-state index >= 15 is 13.2 Å². The minimum Gasteiger partial charge on any atom is -0.543 e. The first kappa shape index (κ1) is 52.2. The van der Waals surface area contributed by atoms with Gasteiger partial charge in [-0.3, -0.25) is 4.90 Å². The molecule has 15 heteroatoms. The van der Waals surface area contributed by atoms with E-state index in [0.717, 1.165) is 0 Å². The van der Waals surface area contributed by atoms with Crippen LogP contribution >= 0.6 is 0 Å². The van der Waals surface area contributed by atoms with Crippen molar-refractivity contribution in [1.29, 1.82) is 0 Å². The van der Waals surface area contributed by atoms with Crippen molar-refractivity contribution in [2.45, 2.75) is 155 Å². The molecule has 374 valence electrons. The van der Waals surface area contributed by atoms with E-state index in [-0.39, 0.29) is 104 Å². The first-order valence-electron chi connectivity index (χ1n) is 25.0. The lowest BCUT2D eigenvalue weighted by Crippen LogP contribution is -2.55. The molecule has 3 aliphatic rings. The number of anilines is 1. The molecular formula is C54H73F4N5O4Si2. The summed E-state index contributed by atoms with van der Waals surface area (Å²) >= 11 is 0. The van der Waals surface area contributed by atoms with Crippen LogP contribution in [0.2, 0.25) is 33.2 Å². The molecule has 69 heavy (non-hydrogen) atoms. The summed E-state index contributed by atoms with van der Waals surface area (Å²) in [6, 6.07) is 6.84. The topological polar surface area (TPSA) is 91.3 Å². The largest absolute Gasteiger partial charge is 0.543 e. The zero-order valence-electron chi connectivity index (χ0n) is 43.2. The second-order valence-electron chi connectivity index (χ2n) is 22.3. The van der Waals surface area contributed by atoms with Gasteiger partial charge in [0.1, 0.15) is 43.4 Å². The highest BCUT2D eigenvalue weighted by Crippen LogP contribution is 2.48. The van der Waals surface area contributed by atoms with Crippen LogP contribution in [-0.4, -0.2) is 99.3 Å². The van der Waals surface area contributed by atoms with Gasteiger partial charge in [-0.15, -0.1) is 5.54 Å². The van der Waals surface area contributed by atoms with Crippen molar-refractivity contribution in [3.8, 4) is 34.4 Å². The summed E-state index contributed by atoms with van der Waals surface area (Å²) in [6.07, 6.45) is 1.38. The molecule has 7 rings (SSSR count). The molecule has 3 saturated heterocycles.